The van der Waals surface area contributed by atoms with Crippen molar-refractivity contribution >= 4 is 15.9 Å². The lowest BCUT2D eigenvalue weighted by Gasteiger charge is -2.14. The number of aryl methyl sites for hydroxylation is 1. The lowest BCUT2D eigenvalue weighted by atomic mass is 10.2. The molecule has 0 atom stereocenters. The molecule has 0 fully saturated rings. The van der Waals surface area contributed by atoms with Crippen molar-refractivity contribution in [1.29, 1.82) is 0 Å². The van der Waals surface area contributed by atoms with Crippen molar-refractivity contribution in [1.82, 2.24) is 19.7 Å². The van der Waals surface area contributed by atoms with Gasteiger partial charge in [-0.2, -0.15) is 17.9 Å². The summed E-state index contributed by atoms with van der Waals surface area (Å²) in [6, 6.07) is 3.22. The van der Waals surface area contributed by atoms with Crippen LogP contribution in [0.5, 0.6) is 5.75 Å². The van der Waals surface area contributed by atoms with Crippen LogP contribution in [0.2, 0.25) is 0 Å². The van der Waals surface area contributed by atoms with Gasteiger partial charge in [0, 0.05) is 14.1 Å². The summed E-state index contributed by atoms with van der Waals surface area (Å²) in [6.07, 6.45) is -3.73. The average Bonchev–Trinajstić information content (AvgIpc) is 3.01. The van der Waals surface area contributed by atoms with Gasteiger partial charge in [-0.15, -0.1) is 5.10 Å². The monoisotopic (exact) mass is 392 g/mol. The van der Waals surface area contributed by atoms with E-state index in [0.717, 1.165) is 17.3 Å². The van der Waals surface area contributed by atoms with E-state index in [4.69, 9.17) is 0 Å². The average molecular weight is 392 g/mol. The number of carbonyl (C=O) groups excluding carboxylic acids is 1. The third-order valence-corrected chi connectivity index (χ3v) is 4.85. The van der Waals surface area contributed by atoms with Gasteiger partial charge >= 0.3 is 12.2 Å². The van der Waals surface area contributed by atoms with Crippen molar-refractivity contribution in [2.24, 2.45) is 0 Å². The highest BCUT2D eigenvalue weighted by atomic mass is 32.2. The van der Waals surface area contributed by atoms with Crippen LogP contribution in [0.3, 0.4) is 0 Å². The lowest BCUT2D eigenvalue weighted by Crippen LogP contribution is -2.27. The molecule has 2 rings (SSSR count). The Morgan fingerprint density at radius 1 is 1.31 bits per heavy atom. The highest BCUT2D eigenvalue weighted by molar-refractivity contribution is 7.91. The van der Waals surface area contributed by atoms with Crippen molar-refractivity contribution in [2.45, 2.75) is 23.2 Å². The Morgan fingerprint density at radius 2 is 1.96 bits per heavy atom. The number of carbonyl (C=O) groups is 1. The third kappa shape index (κ3) is 4.12. The summed E-state index contributed by atoms with van der Waals surface area (Å²) in [6.45, 7) is -0.255. The van der Waals surface area contributed by atoms with Gasteiger partial charge in [0.25, 0.3) is 5.16 Å². The molecule has 0 aliphatic heterocycles. The number of aromatic nitrogens is 3. The summed E-state index contributed by atoms with van der Waals surface area (Å²) in [4.78, 5) is 16.1. The summed E-state index contributed by atoms with van der Waals surface area (Å²) in [5, 5.41) is 2.90. The molecule has 0 unspecified atom stereocenters. The van der Waals surface area contributed by atoms with E-state index in [0.29, 0.717) is 4.68 Å². The Kier molecular flexibility index (Phi) is 5.26. The van der Waals surface area contributed by atoms with E-state index in [1.54, 1.807) is 0 Å². The molecule has 1 amide bonds. The first-order chi connectivity index (χ1) is 11.9. The van der Waals surface area contributed by atoms with Gasteiger partial charge in [-0.3, -0.25) is 0 Å². The predicted octanol–water partition coefficient (Wildman–Crippen LogP) is 1.89. The summed E-state index contributed by atoms with van der Waals surface area (Å²) in [5.74, 6) is -0.474. The highest BCUT2D eigenvalue weighted by Gasteiger charge is 2.33. The fourth-order valence-electron chi connectivity index (χ4n) is 2.00. The molecule has 12 heteroatoms. The number of ether oxygens (including phenoxy) is 1. The third-order valence-electron chi connectivity index (χ3n) is 3.13. The Hall–Kier alpha value is -2.63. The maximum atomic E-state index is 12.8. The molecule has 0 N–H and O–H groups in total. The number of alkyl halides is 3. The molecule has 0 spiro atoms. The van der Waals surface area contributed by atoms with Gasteiger partial charge in [0.1, 0.15) is 17.0 Å². The van der Waals surface area contributed by atoms with Crippen molar-refractivity contribution in [3.63, 3.8) is 0 Å². The second kappa shape index (κ2) is 6.94. The number of benzene rings is 1. The van der Waals surface area contributed by atoms with Gasteiger partial charge in [-0.25, -0.2) is 18.2 Å². The topological polar surface area (TPSA) is 94.4 Å². The highest BCUT2D eigenvalue weighted by Crippen LogP contribution is 2.32. The van der Waals surface area contributed by atoms with Crippen LogP contribution in [0.1, 0.15) is 5.56 Å². The van der Waals surface area contributed by atoms with Crippen molar-refractivity contribution in [3.8, 4) is 5.75 Å². The number of sulfone groups is 1. The Balaban J connectivity index is 2.48. The van der Waals surface area contributed by atoms with Crippen LogP contribution >= 0.6 is 0 Å². The molecule has 1 aromatic heterocycles. The Bertz CT molecular complexity index is 923. The van der Waals surface area contributed by atoms with Crippen LogP contribution < -0.4 is 4.74 Å². The van der Waals surface area contributed by atoms with Crippen molar-refractivity contribution < 1.29 is 31.1 Å². The van der Waals surface area contributed by atoms with Crippen molar-refractivity contribution in [2.75, 3.05) is 20.7 Å². The quantitative estimate of drug-likeness (QED) is 0.789. The summed E-state index contributed by atoms with van der Waals surface area (Å²) < 4.78 is 68.2. The van der Waals surface area contributed by atoms with E-state index in [9.17, 15) is 26.4 Å². The first kappa shape index (κ1) is 19.7. The molecule has 1 aromatic carbocycles. The van der Waals surface area contributed by atoms with Gasteiger partial charge in [0.05, 0.1) is 0 Å². The molecular weight excluding hydrogens is 377 g/mol. The molecule has 2 aromatic rings. The van der Waals surface area contributed by atoms with Gasteiger partial charge in [-0.05, 0) is 18.6 Å². The molecule has 0 aliphatic carbocycles. The van der Waals surface area contributed by atoms with Gasteiger partial charge in [-0.1, -0.05) is 12.1 Å². The minimum Gasteiger partial charge on any atom is -0.483 e. The predicted molar refractivity (Wildman–Crippen MR) is 82.7 cm³/mol. The van der Waals surface area contributed by atoms with E-state index in [1.165, 1.54) is 33.2 Å². The minimum atomic E-state index is -4.64. The number of hydrogen-bond acceptors (Lipinski definition) is 6. The minimum absolute atomic E-state index is 0.153. The van der Waals surface area contributed by atoms with E-state index >= 15 is 0 Å². The number of nitrogens with zero attached hydrogens (tertiary/aromatic N) is 4. The van der Waals surface area contributed by atoms with Crippen LogP contribution in [-0.4, -0.2) is 61.0 Å². The molecule has 0 saturated heterocycles. The first-order valence-corrected chi connectivity index (χ1v) is 8.59. The molecule has 8 nitrogen and oxygen atoms in total. The largest absolute Gasteiger partial charge is 0.483 e. The maximum Gasteiger partial charge on any atom is 0.422 e. The SMILES string of the molecule is Cc1cccc(OCC(F)(F)F)c1S(=O)(=O)c1ncn(C(=O)N(C)C)n1. The number of amides is 1. The molecular formula is C14H15F3N4O4S. The fourth-order valence-corrected chi connectivity index (χ4v) is 3.45. The van der Waals surface area contributed by atoms with Crippen LogP contribution in [-0.2, 0) is 9.84 Å². The second-order valence-electron chi connectivity index (χ2n) is 5.46. The normalized spacial score (nSPS) is 12.1. The molecule has 142 valence electrons. The molecule has 0 radical (unpaired) electrons. The smallest absolute Gasteiger partial charge is 0.422 e. The molecule has 26 heavy (non-hydrogen) atoms. The summed E-state index contributed by atoms with van der Waals surface area (Å²) >= 11 is 0. The van der Waals surface area contributed by atoms with Crippen LogP contribution in [0.4, 0.5) is 18.0 Å². The fraction of sp³-hybridized carbons (Fsp3) is 0.357. The Labute approximate surface area is 147 Å². The Morgan fingerprint density at radius 3 is 2.54 bits per heavy atom. The van der Waals surface area contributed by atoms with Crippen LogP contribution in [0.25, 0.3) is 0 Å². The van der Waals surface area contributed by atoms with E-state index in [2.05, 4.69) is 14.8 Å². The number of hydrogen-bond donors (Lipinski definition) is 0. The van der Waals surface area contributed by atoms with E-state index in [-0.39, 0.29) is 5.56 Å². The zero-order valence-electron chi connectivity index (χ0n) is 14.0. The zero-order chi connectivity index (χ0) is 19.7. The van der Waals surface area contributed by atoms with Gasteiger partial charge in [0.2, 0.25) is 9.84 Å². The molecule has 0 saturated carbocycles. The van der Waals surface area contributed by atoms with Crippen LogP contribution in [0.15, 0.2) is 34.6 Å². The van der Waals surface area contributed by atoms with Gasteiger partial charge < -0.3 is 9.64 Å². The lowest BCUT2D eigenvalue weighted by molar-refractivity contribution is -0.153. The van der Waals surface area contributed by atoms with E-state index in [1.807, 2.05) is 0 Å². The summed E-state index contributed by atoms with van der Waals surface area (Å²) in [7, 11) is -1.55. The van der Waals surface area contributed by atoms with Crippen molar-refractivity contribution in [3.05, 3.63) is 30.1 Å². The first-order valence-electron chi connectivity index (χ1n) is 7.11. The standard InChI is InChI=1S/C14H15F3N4O4S/c1-9-5-4-6-10(25-7-14(15,16)17)11(9)26(23,24)12-18-8-21(19-12)13(22)20(2)3/h4-6,8H,7H2,1-3H3. The molecule has 1 heterocycles. The number of halogens is 3. The summed E-state index contributed by atoms with van der Waals surface area (Å²) in [5.41, 5.74) is 0.153. The molecule has 0 aliphatic rings. The maximum absolute atomic E-state index is 12.8. The van der Waals surface area contributed by atoms with E-state index < -0.39 is 44.5 Å². The number of rotatable bonds is 4. The zero-order valence-corrected chi connectivity index (χ0v) is 14.8. The molecule has 0 bridgehead atoms. The second-order valence-corrected chi connectivity index (χ2v) is 7.24. The van der Waals surface area contributed by atoms with Gasteiger partial charge in [0.15, 0.2) is 6.61 Å². The van der Waals surface area contributed by atoms with Crippen LogP contribution in [0, 0.1) is 6.92 Å².